The van der Waals surface area contributed by atoms with E-state index in [4.69, 9.17) is 9.47 Å². The highest BCUT2D eigenvalue weighted by Gasteiger charge is 2.51. The topological polar surface area (TPSA) is 84.9 Å². The first-order valence-corrected chi connectivity index (χ1v) is 17.3. The fraction of sp³-hybridized carbons (Fsp3) is 0.541. The van der Waals surface area contributed by atoms with Crippen molar-refractivity contribution in [2.75, 3.05) is 19.4 Å². The molecule has 45 heavy (non-hydrogen) atoms. The van der Waals surface area contributed by atoms with Gasteiger partial charge in [0, 0.05) is 6.54 Å². The Kier molecular flexibility index (Phi) is 14.0. The minimum atomic E-state index is -0.822. The molecular formula is C37H52N2O5S. The molecular weight excluding hydrogens is 584 g/mol. The number of likely N-dealkylation sites (tertiary alicyclic amines) is 1. The Morgan fingerprint density at radius 2 is 1.71 bits per heavy atom. The van der Waals surface area contributed by atoms with Gasteiger partial charge < -0.3 is 19.7 Å². The van der Waals surface area contributed by atoms with E-state index in [1.54, 1.807) is 25.7 Å². The summed E-state index contributed by atoms with van der Waals surface area (Å²) in [6, 6.07) is 17.1. The van der Waals surface area contributed by atoms with E-state index in [2.05, 4.69) is 55.2 Å². The maximum Gasteiger partial charge on any atom is 0.408 e. The molecule has 1 heterocycles. The van der Waals surface area contributed by atoms with E-state index in [0.717, 1.165) is 67.4 Å². The van der Waals surface area contributed by atoms with Crippen molar-refractivity contribution in [1.82, 2.24) is 10.2 Å². The van der Waals surface area contributed by atoms with Crippen LogP contribution in [0.4, 0.5) is 4.79 Å². The van der Waals surface area contributed by atoms with Crippen LogP contribution < -0.4 is 5.32 Å². The summed E-state index contributed by atoms with van der Waals surface area (Å²) in [7, 11) is 1.37. The number of nitrogens with one attached hydrogen (secondary N) is 1. The summed E-state index contributed by atoms with van der Waals surface area (Å²) in [5.74, 6) is 0.187. The van der Waals surface area contributed by atoms with Gasteiger partial charge in [-0.05, 0) is 75.3 Å². The van der Waals surface area contributed by atoms with E-state index in [1.807, 2.05) is 36.0 Å². The van der Waals surface area contributed by atoms with Gasteiger partial charge in [0.2, 0.25) is 5.91 Å². The lowest BCUT2D eigenvalue weighted by Gasteiger charge is -2.31. The largest absolute Gasteiger partial charge is 0.467 e. The lowest BCUT2D eigenvalue weighted by atomic mass is 9.93. The summed E-state index contributed by atoms with van der Waals surface area (Å²) in [5.41, 5.74) is 2.61. The van der Waals surface area contributed by atoms with E-state index in [0.29, 0.717) is 19.4 Å². The molecule has 1 saturated heterocycles. The molecule has 0 spiro atoms. The highest BCUT2D eigenvalue weighted by atomic mass is 32.2. The minimum Gasteiger partial charge on any atom is -0.467 e. The van der Waals surface area contributed by atoms with Gasteiger partial charge >= 0.3 is 12.1 Å². The molecule has 246 valence electrons. The maximum atomic E-state index is 14.4. The van der Waals surface area contributed by atoms with Crippen LogP contribution in [0.15, 0.2) is 67.3 Å². The highest BCUT2D eigenvalue weighted by Crippen LogP contribution is 2.48. The molecule has 1 fully saturated rings. The van der Waals surface area contributed by atoms with E-state index >= 15 is 0 Å². The van der Waals surface area contributed by atoms with Gasteiger partial charge in [0.1, 0.15) is 17.7 Å². The number of carbonyl (C=O) groups is 3. The van der Waals surface area contributed by atoms with Crippen molar-refractivity contribution < 1.29 is 23.9 Å². The molecule has 2 aromatic rings. The second-order valence-corrected chi connectivity index (χ2v) is 14.3. The summed E-state index contributed by atoms with van der Waals surface area (Å²) < 4.78 is 10.3. The van der Waals surface area contributed by atoms with Gasteiger partial charge in [0.05, 0.1) is 11.9 Å². The molecule has 0 saturated carbocycles. The third-order valence-corrected chi connectivity index (χ3v) is 9.69. The summed E-state index contributed by atoms with van der Waals surface area (Å²) in [6.07, 6.45) is 8.91. The number of hydrogen-bond acceptors (Lipinski definition) is 6. The molecule has 0 aromatic heterocycles. The van der Waals surface area contributed by atoms with Crippen LogP contribution in [0.2, 0.25) is 0 Å². The first-order chi connectivity index (χ1) is 21.5. The highest BCUT2D eigenvalue weighted by molar-refractivity contribution is 8.00. The van der Waals surface area contributed by atoms with Crippen LogP contribution in [0.25, 0.3) is 11.1 Å². The fourth-order valence-electron chi connectivity index (χ4n) is 5.79. The second-order valence-electron chi connectivity index (χ2n) is 12.8. The smallest absolute Gasteiger partial charge is 0.408 e. The number of nitrogens with zero attached hydrogens (tertiary/aromatic N) is 1. The normalized spacial score (nSPS) is 18.7. The summed E-state index contributed by atoms with van der Waals surface area (Å²) in [6.45, 7) is 11.7. The van der Waals surface area contributed by atoms with Gasteiger partial charge in [-0.25, -0.2) is 9.59 Å². The number of ether oxygens (including phenoxy) is 2. The molecule has 0 bridgehead atoms. The predicted molar refractivity (Wildman–Crippen MR) is 184 cm³/mol. The van der Waals surface area contributed by atoms with Crippen LogP contribution in [0.1, 0.15) is 91.0 Å². The molecule has 8 heteroatoms. The van der Waals surface area contributed by atoms with Crippen LogP contribution in [0, 0.1) is 0 Å². The Bertz CT molecular complexity index is 1240. The lowest BCUT2D eigenvalue weighted by Crippen LogP contribution is -2.52. The molecule has 3 atom stereocenters. The third kappa shape index (κ3) is 10.7. The monoisotopic (exact) mass is 636 g/mol. The Morgan fingerprint density at radius 1 is 1.02 bits per heavy atom. The van der Waals surface area contributed by atoms with Crippen LogP contribution >= 0.6 is 11.8 Å². The molecule has 1 aliphatic rings. The van der Waals surface area contributed by atoms with E-state index in [-0.39, 0.29) is 5.91 Å². The van der Waals surface area contributed by atoms with Crippen molar-refractivity contribution in [1.29, 1.82) is 0 Å². The number of thioether (sulfide) groups is 1. The Balaban J connectivity index is 1.95. The molecule has 3 rings (SSSR count). The van der Waals surface area contributed by atoms with Gasteiger partial charge in [0.15, 0.2) is 0 Å². The zero-order chi connectivity index (χ0) is 32.9. The molecule has 2 amide bonds. The Hall–Kier alpha value is -3.26. The number of carbonyl (C=O) groups excluding carboxylic acids is 3. The number of methoxy groups -OCH3 is 1. The van der Waals surface area contributed by atoms with Crippen LogP contribution in [-0.2, 0) is 23.8 Å². The number of benzene rings is 2. The molecule has 1 aliphatic heterocycles. The maximum absolute atomic E-state index is 14.4. The third-order valence-electron chi connectivity index (χ3n) is 8.12. The number of rotatable bonds is 16. The van der Waals surface area contributed by atoms with Crippen molar-refractivity contribution in [3.63, 3.8) is 0 Å². The molecule has 0 unspecified atom stereocenters. The first kappa shape index (κ1) is 36.2. The lowest BCUT2D eigenvalue weighted by molar-refractivity contribution is -0.151. The number of unbranched alkanes of at least 4 members (excludes halogenated alkanes) is 5. The average molecular weight is 637 g/mol. The van der Waals surface area contributed by atoms with Crippen LogP contribution in [-0.4, -0.2) is 60.0 Å². The summed E-state index contributed by atoms with van der Waals surface area (Å²) >= 11 is 1.82. The van der Waals surface area contributed by atoms with Crippen molar-refractivity contribution in [2.24, 2.45) is 0 Å². The molecule has 2 aromatic carbocycles. The first-order valence-electron chi connectivity index (χ1n) is 16.3. The van der Waals surface area contributed by atoms with Gasteiger partial charge in [-0.2, -0.15) is 0 Å². The number of allylic oxidation sites excluding steroid dienone is 1. The quantitative estimate of drug-likeness (QED) is 0.113. The number of alkyl carbamates (subject to hydrolysis) is 1. The molecule has 0 radical (unpaired) electrons. The Morgan fingerprint density at radius 3 is 2.33 bits per heavy atom. The van der Waals surface area contributed by atoms with Crippen molar-refractivity contribution in [2.45, 2.75) is 108 Å². The van der Waals surface area contributed by atoms with E-state index < -0.39 is 34.5 Å². The number of amides is 2. The predicted octanol–water partition coefficient (Wildman–Crippen LogP) is 8.28. The second kappa shape index (κ2) is 17.4. The minimum absolute atomic E-state index is 0.281. The Labute approximate surface area is 274 Å². The van der Waals surface area contributed by atoms with Gasteiger partial charge in [-0.3, -0.25) is 4.79 Å². The van der Waals surface area contributed by atoms with Crippen LogP contribution in [0.3, 0.4) is 0 Å². The number of esters is 1. The van der Waals surface area contributed by atoms with Crippen molar-refractivity contribution >= 4 is 29.7 Å². The summed E-state index contributed by atoms with van der Waals surface area (Å²) in [4.78, 5) is 42.2. The fourth-order valence-corrected chi connectivity index (χ4v) is 7.33. The van der Waals surface area contributed by atoms with Crippen molar-refractivity contribution in [3.05, 3.63) is 72.8 Å². The van der Waals surface area contributed by atoms with E-state index in [9.17, 15) is 14.4 Å². The zero-order valence-electron chi connectivity index (χ0n) is 27.8. The molecule has 1 N–H and O–H groups in total. The zero-order valence-corrected chi connectivity index (χ0v) is 28.6. The molecule has 0 aliphatic carbocycles. The van der Waals surface area contributed by atoms with Gasteiger partial charge in [-0.1, -0.05) is 93.3 Å². The van der Waals surface area contributed by atoms with Gasteiger partial charge in [0.25, 0.3) is 0 Å². The summed E-state index contributed by atoms with van der Waals surface area (Å²) in [5, 5.41) is 2.84. The average Bonchev–Trinajstić information content (AvgIpc) is 3.42. The number of hydrogen-bond donors (Lipinski definition) is 1. The van der Waals surface area contributed by atoms with E-state index in [1.165, 1.54) is 7.11 Å². The molecule has 7 nitrogen and oxygen atoms in total. The van der Waals surface area contributed by atoms with Crippen molar-refractivity contribution in [3.8, 4) is 11.1 Å². The standard InChI is InChI=1S/C37H52N2O5S/c1-7-9-11-12-16-20-31(38-35(42)44-36(3,4)5)33(40)39-27-37(45-25-17-10-8-2,26-32(39)34(41)43-6)30-23-21-29(22-24-30)28-18-14-13-15-19-28/h7,13-15,18-19,21-24,31-32H,1,8-12,16-17,20,25-27H2,2-6H3,(H,38,42)/t31-,32-,37-/m0/s1. The van der Waals surface area contributed by atoms with Gasteiger partial charge in [-0.15, -0.1) is 18.3 Å². The van der Waals surface area contributed by atoms with Crippen LogP contribution in [0.5, 0.6) is 0 Å². The SMILES string of the molecule is C=CCCCCC[C@H](NC(=O)OC(C)(C)C)C(=O)N1C[C@](SCCCCC)(c2ccc(-c3ccccc3)cc2)C[C@H]1C(=O)OC.